The second-order valence-corrected chi connectivity index (χ2v) is 7.55. The normalized spacial score (nSPS) is 31.8. The summed E-state index contributed by atoms with van der Waals surface area (Å²) in [6.07, 6.45) is 5.85. The fourth-order valence-corrected chi connectivity index (χ4v) is 4.26. The van der Waals surface area contributed by atoms with E-state index in [1.165, 1.54) is 13.0 Å². The minimum atomic E-state index is -1.72. The zero-order chi connectivity index (χ0) is 20.7. The molecule has 2 heterocycles. The molecule has 1 aliphatic carbocycles. The molecule has 0 amide bonds. The second-order valence-electron chi connectivity index (χ2n) is 7.55. The molecule has 150 valence electrons. The Balaban J connectivity index is 2.19. The summed E-state index contributed by atoms with van der Waals surface area (Å²) in [4.78, 5) is 49.1. The van der Waals surface area contributed by atoms with Crippen LogP contribution in [0.4, 0.5) is 0 Å². The number of aliphatic hydroxyl groups is 1. The van der Waals surface area contributed by atoms with Gasteiger partial charge < -0.3 is 14.6 Å². The highest BCUT2D eigenvalue weighted by Gasteiger charge is 2.66. The highest BCUT2D eigenvalue weighted by molar-refractivity contribution is 6.13. The summed E-state index contributed by atoms with van der Waals surface area (Å²) in [6.45, 7) is 5.20. The van der Waals surface area contributed by atoms with Crippen molar-refractivity contribution in [2.45, 2.75) is 64.1 Å². The lowest BCUT2D eigenvalue weighted by Crippen LogP contribution is -2.55. The number of hydrogen-bond donors (Lipinski definition) is 1. The van der Waals surface area contributed by atoms with E-state index < -0.39 is 29.1 Å². The predicted octanol–water partition coefficient (Wildman–Crippen LogP) is 2.08. The summed E-state index contributed by atoms with van der Waals surface area (Å²) in [5, 5.41) is 11.4. The van der Waals surface area contributed by atoms with Gasteiger partial charge in [0.05, 0.1) is 0 Å². The minimum Gasteiger partial charge on any atom is -0.450 e. The van der Waals surface area contributed by atoms with E-state index in [1.807, 2.05) is 6.92 Å². The Morgan fingerprint density at radius 3 is 2.64 bits per heavy atom. The SMILES string of the molecule is CC=CC1(O)CC2=C(C=O)C(=O)OC2=C2C(C(=O)CCCCC)C(=O)OC21C. The van der Waals surface area contributed by atoms with Gasteiger partial charge in [0.2, 0.25) is 0 Å². The summed E-state index contributed by atoms with van der Waals surface area (Å²) < 4.78 is 10.8. The number of carbonyl (C=O) groups excluding carboxylic acids is 4. The van der Waals surface area contributed by atoms with Gasteiger partial charge in [-0.15, -0.1) is 0 Å². The average molecular weight is 388 g/mol. The van der Waals surface area contributed by atoms with E-state index in [0.29, 0.717) is 12.7 Å². The molecule has 0 aromatic carbocycles. The third-order valence-corrected chi connectivity index (χ3v) is 5.78. The Morgan fingerprint density at radius 2 is 2.04 bits per heavy atom. The predicted molar refractivity (Wildman–Crippen MR) is 97.7 cm³/mol. The lowest BCUT2D eigenvalue weighted by atomic mass is 9.66. The average Bonchev–Trinajstić information content (AvgIpc) is 3.08. The van der Waals surface area contributed by atoms with Gasteiger partial charge >= 0.3 is 11.9 Å². The first-order valence-corrected chi connectivity index (χ1v) is 9.51. The van der Waals surface area contributed by atoms with Gasteiger partial charge in [0, 0.05) is 24.0 Å². The molecule has 0 aromatic rings. The number of esters is 2. The van der Waals surface area contributed by atoms with E-state index in [-0.39, 0.29) is 41.1 Å². The van der Waals surface area contributed by atoms with Gasteiger partial charge in [-0.2, -0.15) is 0 Å². The van der Waals surface area contributed by atoms with Gasteiger partial charge in [-0.3, -0.25) is 14.4 Å². The molecule has 7 nitrogen and oxygen atoms in total. The van der Waals surface area contributed by atoms with Gasteiger partial charge in [-0.25, -0.2) is 4.79 Å². The minimum absolute atomic E-state index is 0.0171. The van der Waals surface area contributed by atoms with Crippen LogP contribution in [-0.4, -0.2) is 40.3 Å². The van der Waals surface area contributed by atoms with Crippen LogP contribution in [0.25, 0.3) is 0 Å². The summed E-state index contributed by atoms with van der Waals surface area (Å²) in [6, 6.07) is 0. The molecule has 1 saturated heterocycles. The number of allylic oxidation sites excluding steroid dienone is 2. The Morgan fingerprint density at radius 1 is 1.32 bits per heavy atom. The highest BCUT2D eigenvalue weighted by atomic mass is 16.6. The third kappa shape index (κ3) is 2.76. The van der Waals surface area contributed by atoms with Gasteiger partial charge in [0.1, 0.15) is 22.9 Å². The molecule has 3 atom stereocenters. The summed E-state index contributed by atoms with van der Waals surface area (Å²) in [5.74, 6) is -3.21. The number of unbranched alkanes of at least 4 members (excludes halogenated alkanes) is 2. The largest absolute Gasteiger partial charge is 0.450 e. The quantitative estimate of drug-likeness (QED) is 0.178. The fraction of sp³-hybridized carbons (Fsp3) is 0.524. The lowest BCUT2D eigenvalue weighted by molar-refractivity contribution is -0.164. The standard InChI is InChI=1S/C21H24O7/c1-4-6-7-8-14(23)15-16-17-12(13(11-22)18(24)27-17)10-21(26,9-5-2)20(16,3)28-19(15)25/h5,9,11,15,26H,4,6-8,10H2,1-3H3. The van der Waals surface area contributed by atoms with Crippen LogP contribution in [0.1, 0.15) is 52.9 Å². The molecule has 2 aliphatic heterocycles. The molecule has 0 radical (unpaired) electrons. The maximum absolute atomic E-state index is 12.9. The maximum Gasteiger partial charge on any atom is 0.347 e. The van der Waals surface area contributed by atoms with Crippen LogP contribution in [0.3, 0.4) is 0 Å². The molecule has 3 rings (SSSR count). The van der Waals surface area contributed by atoms with Crippen molar-refractivity contribution in [3.8, 4) is 0 Å². The van der Waals surface area contributed by atoms with E-state index in [1.54, 1.807) is 13.0 Å². The van der Waals surface area contributed by atoms with Gasteiger partial charge in [-0.05, 0) is 20.3 Å². The number of carbonyl (C=O) groups is 4. The zero-order valence-electron chi connectivity index (χ0n) is 16.2. The number of Topliss-reactive ketones (excluding diaryl/α,β-unsaturated/α-hetero) is 1. The molecular weight excluding hydrogens is 364 g/mol. The van der Waals surface area contributed by atoms with E-state index in [0.717, 1.165) is 12.8 Å². The maximum atomic E-state index is 12.9. The van der Waals surface area contributed by atoms with Crippen molar-refractivity contribution >= 4 is 24.0 Å². The van der Waals surface area contributed by atoms with Crippen molar-refractivity contribution in [2.75, 3.05) is 0 Å². The van der Waals surface area contributed by atoms with E-state index >= 15 is 0 Å². The number of hydrogen-bond acceptors (Lipinski definition) is 7. The van der Waals surface area contributed by atoms with Crippen molar-refractivity contribution in [1.82, 2.24) is 0 Å². The first kappa shape index (κ1) is 20.2. The third-order valence-electron chi connectivity index (χ3n) is 5.78. The Labute approximate surface area is 163 Å². The number of ether oxygens (including phenoxy) is 2. The first-order chi connectivity index (χ1) is 13.2. The molecule has 28 heavy (non-hydrogen) atoms. The molecular formula is C21H24O7. The van der Waals surface area contributed by atoms with Crippen LogP contribution < -0.4 is 0 Å². The molecule has 3 aliphatic rings. The monoisotopic (exact) mass is 388 g/mol. The van der Waals surface area contributed by atoms with Gasteiger partial charge in [0.15, 0.2) is 17.7 Å². The second kappa shape index (κ2) is 7.13. The van der Waals surface area contributed by atoms with Gasteiger partial charge in [0.25, 0.3) is 0 Å². The molecule has 0 bridgehead atoms. The van der Waals surface area contributed by atoms with E-state index in [2.05, 4.69) is 0 Å². The number of fused-ring (bicyclic) bond motifs is 2. The van der Waals surface area contributed by atoms with Crippen molar-refractivity contribution < 1.29 is 33.8 Å². The molecule has 3 unspecified atom stereocenters. The van der Waals surface area contributed by atoms with Crippen LogP contribution in [0.2, 0.25) is 0 Å². The van der Waals surface area contributed by atoms with Crippen LogP contribution in [0, 0.1) is 5.92 Å². The van der Waals surface area contributed by atoms with Crippen LogP contribution in [-0.2, 0) is 28.7 Å². The molecule has 1 fully saturated rings. The molecule has 0 spiro atoms. The highest BCUT2D eigenvalue weighted by Crippen LogP contribution is 2.55. The number of aldehydes is 1. The van der Waals surface area contributed by atoms with Crippen LogP contribution in [0.15, 0.2) is 34.6 Å². The van der Waals surface area contributed by atoms with Gasteiger partial charge in [-0.1, -0.05) is 31.9 Å². The molecule has 1 N–H and O–H groups in total. The van der Waals surface area contributed by atoms with Crippen molar-refractivity contribution in [1.29, 1.82) is 0 Å². The Bertz CT molecular complexity index is 847. The molecule has 7 heteroatoms. The van der Waals surface area contributed by atoms with E-state index in [4.69, 9.17) is 9.47 Å². The first-order valence-electron chi connectivity index (χ1n) is 9.51. The molecule has 0 saturated carbocycles. The summed E-state index contributed by atoms with van der Waals surface area (Å²) >= 11 is 0. The fourth-order valence-electron chi connectivity index (χ4n) is 4.26. The van der Waals surface area contributed by atoms with Crippen LogP contribution in [0.5, 0.6) is 0 Å². The summed E-state index contributed by atoms with van der Waals surface area (Å²) in [7, 11) is 0. The van der Waals surface area contributed by atoms with Crippen molar-refractivity contribution in [2.24, 2.45) is 5.92 Å². The molecule has 0 aromatic heterocycles. The Hall–Kier alpha value is -2.54. The topological polar surface area (TPSA) is 107 Å². The van der Waals surface area contributed by atoms with Crippen molar-refractivity contribution in [3.05, 3.63) is 34.6 Å². The van der Waals surface area contributed by atoms with E-state index in [9.17, 15) is 24.3 Å². The number of rotatable bonds is 7. The zero-order valence-corrected chi connectivity index (χ0v) is 16.2. The number of ketones is 1. The lowest BCUT2D eigenvalue weighted by Gasteiger charge is -2.43. The van der Waals surface area contributed by atoms with Crippen LogP contribution >= 0.6 is 0 Å². The summed E-state index contributed by atoms with van der Waals surface area (Å²) in [5.41, 5.74) is -3.15. The van der Waals surface area contributed by atoms with Crippen molar-refractivity contribution in [3.63, 3.8) is 0 Å². The smallest absolute Gasteiger partial charge is 0.347 e. The Kier molecular flexibility index (Phi) is 5.14.